The Hall–Kier alpha value is -2.98. The third-order valence-electron chi connectivity index (χ3n) is 5.69. The minimum atomic E-state index is -1.80. The first-order valence-corrected chi connectivity index (χ1v) is 9.85. The van der Waals surface area contributed by atoms with Gasteiger partial charge < -0.3 is 10.1 Å². The summed E-state index contributed by atoms with van der Waals surface area (Å²) < 4.78 is 63.4. The largest absolute Gasteiger partial charge is 0.378 e. The molecule has 5 rings (SSSR count). The van der Waals surface area contributed by atoms with E-state index in [1.54, 1.807) is 0 Å². The number of hydrogen-bond donors (Lipinski definition) is 1. The summed E-state index contributed by atoms with van der Waals surface area (Å²) in [5.41, 5.74) is -1.26. The number of likely N-dealkylation sites (tertiary alicyclic amines) is 1. The Bertz CT molecular complexity index is 1100. The van der Waals surface area contributed by atoms with Crippen LogP contribution in [0, 0.1) is 17.5 Å². The summed E-state index contributed by atoms with van der Waals surface area (Å²) in [6.45, 7) is 1.80. The van der Waals surface area contributed by atoms with Crippen LogP contribution >= 0.6 is 0 Å². The first-order chi connectivity index (χ1) is 14.9. The third-order valence-corrected chi connectivity index (χ3v) is 5.69. The van der Waals surface area contributed by atoms with Gasteiger partial charge >= 0.3 is 0 Å². The maximum Gasteiger partial charge on any atom is 0.246 e. The third kappa shape index (κ3) is 3.88. The topological polar surface area (TPSA) is 55.2 Å². The number of benzene rings is 2. The van der Waals surface area contributed by atoms with Crippen molar-refractivity contribution in [3.05, 3.63) is 65.7 Å². The number of nitrogens with zero attached hydrogens (tertiary/aromatic N) is 4. The number of hydrogen-bond acceptors (Lipinski definition) is 5. The molecule has 3 heterocycles. The van der Waals surface area contributed by atoms with E-state index in [9.17, 15) is 13.2 Å². The van der Waals surface area contributed by atoms with Crippen LogP contribution in [-0.2, 0) is 10.4 Å². The summed E-state index contributed by atoms with van der Waals surface area (Å²) in [4.78, 5) is 6.04. The minimum absolute atomic E-state index is 0.0214. The molecule has 0 radical (unpaired) electrons. The van der Waals surface area contributed by atoms with Gasteiger partial charge in [0.05, 0.1) is 24.9 Å². The quantitative estimate of drug-likeness (QED) is 0.622. The molecule has 2 fully saturated rings. The summed E-state index contributed by atoms with van der Waals surface area (Å²) in [6.07, 6.45) is 1.48. The Kier molecular flexibility index (Phi) is 4.90. The lowest BCUT2D eigenvalue weighted by molar-refractivity contribution is -0.0615. The molecule has 0 bridgehead atoms. The first kappa shape index (κ1) is 20.0. The van der Waals surface area contributed by atoms with Crippen LogP contribution < -0.4 is 5.32 Å². The molecular weight excluding hydrogens is 414 g/mol. The normalized spacial score (nSPS) is 21.9. The van der Waals surface area contributed by atoms with Gasteiger partial charge in [0.2, 0.25) is 5.95 Å². The van der Waals surface area contributed by atoms with E-state index in [1.165, 1.54) is 29.2 Å². The Morgan fingerprint density at radius 3 is 2.55 bits per heavy atom. The molecule has 10 heteroatoms. The van der Waals surface area contributed by atoms with Gasteiger partial charge in [-0.25, -0.2) is 22.2 Å². The van der Waals surface area contributed by atoms with Gasteiger partial charge in [-0.15, -0.1) is 5.10 Å². The van der Waals surface area contributed by atoms with Crippen molar-refractivity contribution >= 4 is 11.6 Å². The number of nitrogens with one attached hydrogen (secondary N) is 1. The Balaban J connectivity index is 1.36. The first-order valence-electron chi connectivity index (χ1n) is 9.85. The molecule has 1 atom stereocenters. The van der Waals surface area contributed by atoms with Gasteiger partial charge in [0, 0.05) is 30.4 Å². The fourth-order valence-electron chi connectivity index (χ4n) is 3.96. The molecule has 3 aromatic rings. The highest BCUT2D eigenvalue weighted by Crippen LogP contribution is 2.40. The molecule has 2 saturated heterocycles. The van der Waals surface area contributed by atoms with Crippen molar-refractivity contribution in [2.75, 3.05) is 31.6 Å². The average Bonchev–Trinajstić information content (AvgIpc) is 3.29. The number of rotatable bonds is 5. The maximum absolute atomic E-state index is 15.6. The van der Waals surface area contributed by atoms with Crippen molar-refractivity contribution in [3.63, 3.8) is 0 Å². The second kappa shape index (κ2) is 7.61. The molecule has 1 aromatic heterocycles. The molecule has 162 valence electrons. The lowest BCUT2D eigenvalue weighted by Gasteiger charge is -2.35. The van der Waals surface area contributed by atoms with Crippen LogP contribution in [0.4, 0.5) is 29.2 Å². The molecule has 2 aliphatic heterocycles. The summed E-state index contributed by atoms with van der Waals surface area (Å²) in [6, 6.07) is 7.24. The Morgan fingerprint density at radius 2 is 1.84 bits per heavy atom. The van der Waals surface area contributed by atoms with E-state index in [4.69, 9.17) is 4.74 Å². The molecule has 1 N–H and O–H groups in total. The zero-order valence-corrected chi connectivity index (χ0v) is 16.4. The zero-order chi connectivity index (χ0) is 21.6. The van der Waals surface area contributed by atoms with E-state index in [-0.39, 0.29) is 36.2 Å². The standard InChI is InChI=1S/C21H19F4N5O/c22-13-5-14(23)7-16(6-13)30-12-26-20(28-30)27-15-1-2-19(24)18(8-15)21(25)3-4-29(11-21)17-9-31-10-17/h1-2,5-8,12,17H,3-4,9-11H2,(H,27,28). The van der Waals surface area contributed by atoms with Crippen molar-refractivity contribution < 1.29 is 22.3 Å². The van der Waals surface area contributed by atoms with E-state index in [1.807, 2.05) is 4.90 Å². The highest BCUT2D eigenvalue weighted by molar-refractivity contribution is 5.55. The van der Waals surface area contributed by atoms with Crippen LogP contribution in [0.1, 0.15) is 12.0 Å². The summed E-state index contributed by atoms with van der Waals surface area (Å²) >= 11 is 0. The van der Waals surface area contributed by atoms with Crippen LogP contribution in [0.2, 0.25) is 0 Å². The van der Waals surface area contributed by atoms with Crippen molar-refractivity contribution in [1.29, 1.82) is 0 Å². The van der Waals surface area contributed by atoms with Gasteiger partial charge in [-0.3, -0.25) is 4.90 Å². The van der Waals surface area contributed by atoms with Crippen molar-refractivity contribution in [1.82, 2.24) is 19.7 Å². The molecule has 2 aliphatic rings. The van der Waals surface area contributed by atoms with Gasteiger partial charge in [0.25, 0.3) is 0 Å². The Morgan fingerprint density at radius 1 is 1.06 bits per heavy atom. The van der Waals surface area contributed by atoms with Crippen LogP contribution in [0.3, 0.4) is 0 Å². The van der Waals surface area contributed by atoms with Gasteiger partial charge in [0.15, 0.2) is 5.67 Å². The van der Waals surface area contributed by atoms with Crippen LogP contribution in [0.25, 0.3) is 5.69 Å². The van der Waals surface area contributed by atoms with Gasteiger partial charge in [-0.1, -0.05) is 0 Å². The van der Waals surface area contributed by atoms with Crippen molar-refractivity contribution in [2.45, 2.75) is 18.1 Å². The zero-order valence-electron chi connectivity index (χ0n) is 16.4. The highest BCUT2D eigenvalue weighted by Gasteiger charge is 2.45. The molecule has 0 aliphatic carbocycles. The SMILES string of the molecule is Fc1cc(F)cc(-n2cnc(Nc3ccc(F)c(C4(F)CCN(C5COC5)C4)c3)n2)c1. The number of alkyl halides is 1. The van der Waals surface area contributed by atoms with E-state index < -0.39 is 23.1 Å². The fraction of sp³-hybridized carbons (Fsp3) is 0.333. The van der Waals surface area contributed by atoms with Crippen LogP contribution in [0.15, 0.2) is 42.7 Å². The van der Waals surface area contributed by atoms with E-state index in [2.05, 4.69) is 15.4 Å². The Labute approximate surface area is 175 Å². The minimum Gasteiger partial charge on any atom is -0.378 e. The molecule has 6 nitrogen and oxygen atoms in total. The molecular formula is C21H19F4N5O. The van der Waals surface area contributed by atoms with Crippen molar-refractivity contribution in [2.24, 2.45) is 0 Å². The maximum atomic E-state index is 15.6. The summed E-state index contributed by atoms with van der Waals surface area (Å²) in [7, 11) is 0. The summed E-state index contributed by atoms with van der Waals surface area (Å²) in [5.74, 6) is -1.98. The molecule has 1 unspecified atom stereocenters. The number of anilines is 2. The van der Waals surface area contributed by atoms with Crippen LogP contribution in [0.5, 0.6) is 0 Å². The molecule has 0 spiro atoms. The van der Waals surface area contributed by atoms with Gasteiger partial charge in [-0.2, -0.15) is 4.98 Å². The lowest BCUT2D eigenvalue weighted by Crippen LogP contribution is -2.48. The second-order valence-electron chi connectivity index (χ2n) is 7.84. The number of ether oxygens (including phenoxy) is 1. The number of halogens is 4. The predicted molar refractivity (Wildman–Crippen MR) is 105 cm³/mol. The van der Waals surface area contributed by atoms with Crippen molar-refractivity contribution in [3.8, 4) is 5.69 Å². The monoisotopic (exact) mass is 433 g/mol. The summed E-state index contributed by atoms with van der Waals surface area (Å²) in [5, 5.41) is 7.02. The molecule has 0 saturated carbocycles. The van der Waals surface area contributed by atoms with E-state index in [0.29, 0.717) is 25.4 Å². The van der Waals surface area contributed by atoms with E-state index in [0.717, 1.165) is 18.2 Å². The molecule has 31 heavy (non-hydrogen) atoms. The second-order valence-corrected chi connectivity index (χ2v) is 7.84. The van der Waals surface area contributed by atoms with Gasteiger partial charge in [-0.05, 0) is 36.8 Å². The van der Waals surface area contributed by atoms with E-state index >= 15 is 4.39 Å². The number of aromatic nitrogens is 3. The fourth-order valence-corrected chi connectivity index (χ4v) is 3.96. The van der Waals surface area contributed by atoms with Crippen LogP contribution in [-0.4, -0.2) is 52.0 Å². The molecule has 2 aromatic carbocycles. The lowest BCUT2D eigenvalue weighted by atomic mass is 9.94. The van der Waals surface area contributed by atoms with Gasteiger partial charge in [0.1, 0.15) is 23.8 Å². The molecule has 0 amide bonds. The average molecular weight is 433 g/mol. The predicted octanol–water partition coefficient (Wildman–Crippen LogP) is 3.70. The highest BCUT2D eigenvalue weighted by atomic mass is 19.2. The smallest absolute Gasteiger partial charge is 0.246 e.